The van der Waals surface area contributed by atoms with Gasteiger partial charge in [-0.15, -0.1) is 0 Å². The highest BCUT2D eigenvalue weighted by Crippen LogP contribution is 2.25. The predicted molar refractivity (Wildman–Crippen MR) is 125 cm³/mol. The summed E-state index contributed by atoms with van der Waals surface area (Å²) in [5, 5.41) is 0. The average molecular weight is 395 g/mol. The van der Waals surface area contributed by atoms with Crippen molar-refractivity contribution in [1.82, 2.24) is 0 Å². The summed E-state index contributed by atoms with van der Waals surface area (Å²) < 4.78 is 0. The van der Waals surface area contributed by atoms with Gasteiger partial charge in [-0.2, -0.15) is 0 Å². The van der Waals surface area contributed by atoms with Gasteiger partial charge in [-0.1, -0.05) is 45.6 Å². The molecule has 0 unspecified atom stereocenters. The molecule has 1 aliphatic carbocycles. The Kier molecular flexibility index (Phi) is 10.6. The largest absolute Gasteiger partial charge is 0.290 e. The lowest BCUT2D eigenvalue weighted by molar-refractivity contribution is -0.114. The van der Waals surface area contributed by atoms with Crippen molar-refractivity contribution in [2.75, 3.05) is 0 Å². The molecule has 2 nitrogen and oxygen atoms in total. The van der Waals surface area contributed by atoms with Gasteiger partial charge in [0.25, 0.3) is 0 Å². The van der Waals surface area contributed by atoms with Gasteiger partial charge < -0.3 is 0 Å². The molecule has 0 aromatic carbocycles. The molecule has 1 rings (SSSR count). The fraction of sp³-hybridized carbons (Fsp3) is 0.481. The first-order chi connectivity index (χ1) is 13.6. The van der Waals surface area contributed by atoms with E-state index in [2.05, 4.69) is 60.6 Å². The summed E-state index contributed by atoms with van der Waals surface area (Å²) in [7, 11) is 0. The van der Waals surface area contributed by atoms with E-state index in [1.165, 1.54) is 51.7 Å². The van der Waals surface area contributed by atoms with E-state index in [0.717, 1.165) is 32.1 Å². The predicted octanol–water partition coefficient (Wildman–Crippen LogP) is 7.55. The zero-order valence-corrected chi connectivity index (χ0v) is 19.4. The Hall–Kier alpha value is -2.22. The third-order valence-electron chi connectivity index (χ3n) is 5.51. The van der Waals surface area contributed by atoms with Gasteiger partial charge in [-0.05, 0) is 105 Å². The zero-order chi connectivity index (χ0) is 22.0. The van der Waals surface area contributed by atoms with E-state index in [4.69, 9.17) is 0 Å². The SMILES string of the molecule is CC(C)=CCC/C(C)=C/CC(CC/C(C)=C(\C)CC1=CC(=O)C=CC1=O)=C(C)C. The molecule has 0 heterocycles. The number of rotatable bonds is 10. The minimum absolute atomic E-state index is 0.0459. The second kappa shape index (κ2) is 12.4. The summed E-state index contributed by atoms with van der Waals surface area (Å²) in [6.07, 6.45) is 14.7. The second-order valence-electron chi connectivity index (χ2n) is 8.69. The van der Waals surface area contributed by atoms with Crippen LogP contribution in [0.4, 0.5) is 0 Å². The van der Waals surface area contributed by atoms with Crippen LogP contribution in [0.2, 0.25) is 0 Å². The van der Waals surface area contributed by atoms with Crippen molar-refractivity contribution in [3.05, 3.63) is 69.4 Å². The van der Waals surface area contributed by atoms with Crippen molar-refractivity contribution < 1.29 is 9.59 Å². The first-order valence-corrected chi connectivity index (χ1v) is 10.7. The molecule has 0 atom stereocenters. The van der Waals surface area contributed by atoms with Crippen molar-refractivity contribution in [3.63, 3.8) is 0 Å². The van der Waals surface area contributed by atoms with Crippen LogP contribution in [0.15, 0.2) is 69.4 Å². The number of carbonyl (C=O) groups is 2. The summed E-state index contributed by atoms with van der Waals surface area (Å²) in [4.78, 5) is 23.5. The van der Waals surface area contributed by atoms with Crippen LogP contribution in [0.5, 0.6) is 0 Å². The van der Waals surface area contributed by atoms with Crippen LogP contribution in [-0.4, -0.2) is 11.6 Å². The molecule has 0 aromatic rings. The fourth-order valence-corrected chi connectivity index (χ4v) is 3.23. The number of hydrogen-bond donors (Lipinski definition) is 0. The quantitative estimate of drug-likeness (QED) is 0.283. The summed E-state index contributed by atoms with van der Waals surface area (Å²) >= 11 is 0. The molecule has 0 radical (unpaired) electrons. The third kappa shape index (κ3) is 9.69. The number of hydrogen-bond acceptors (Lipinski definition) is 2. The zero-order valence-electron chi connectivity index (χ0n) is 19.4. The lowest BCUT2D eigenvalue weighted by Crippen LogP contribution is -2.08. The molecule has 0 N–H and O–H groups in total. The van der Waals surface area contributed by atoms with Gasteiger partial charge in [-0.25, -0.2) is 0 Å². The Bertz CT molecular complexity index is 799. The smallest absolute Gasteiger partial charge is 0.182 e. The molecule has 1 aliphatic rings. The minimum Gasteiger partial charge on any atom is -0.290 e. The minimum atomic E-state index is -0.0939. The third-order valence-corrected chi connectivity index (χ3v) is 5.51. The highest BCUT2D eigenvalue weighted by atomic mass is 16.1. The molecule has 0 aromatic heterocycles. The molecule has 0 spiro atoms. The van der Waals surface area contributed by atoms with E-state index < -0.39 is 0 Å². The van der Waals surface area contributed by atoms with Crippen LogP contribution in [0.25, 0.3) is 0 Å². The van der Waals surface area contributed by atoms with E-state index in [-0.39, 0.29) is 11.6 Å². The maximum absolute atomic E-state index is 12.0. The van der Waals surface area contributed by atoms with Crippen molar-refractivity contribution in [1.29, 1.82) is 0 Å². The molecule has 0 bridgehead atoms. The lowest BCUT2D eigenvalue weighted by atomic mass is 9.92. The van der Waals surface area contributed by atoms with E-state index in [9.17, 15) is 9.59 Å². The normalized spacial score (nSPS) is 15.1. The molecule has 0 saturated carbocycles. The maximum Gasteiger partial charge on any atom is 0.182 e. The highest BCUT2D eigenvalue weighted by Gasteiger charge is 2.14. The molecule has 158 valence electrons. The molecule has 0 fully saturated rings. The van der Waals surface area contributed by atoms with Crippen LogP contribution in [0, 0.1) is 0 Å². The van der Waals surface area contributed by atoms with Crippen molar-refractivity contribution >= 4 is 11.6 Å². The van der Waals surface area contributed by atoms with E-state index in [1.54, 1.807) is 0 Å². The molecular weight excluding hydrogens is 356 g/mol. The highest BCUT2D eigenvalue weighted by molar-refractivity contribution is 6.17. The van der Waals surface area contributed by atoms with Crippen LogP contribution in [0.1, 0.15) is 87.0 Å². The van der Waals surface area contributed by atoms with Crippen LogP contribution in [-0.2, 0) is 9.59 Å². The molecule has 2 heteroatoms. The second-order valence-corrected chi connectivity index (χ2v) is 8.69. The summed E-state index contributed by atoms with van der Waals surface area (Å²) in [5.74, 6) is -0.140. The van der Waals surface area contributed by atoms with Crippen LogP contribution >= 0.6 is 0 Å². The molecule has 29 heavy (non-hydrogen) atoms. The summed E-state index contributed by atoms with van der Waals surface area (Å²) in [6, 6.07) is 0. The Morgan fingerprint density at radius 3 is 2.14 bits per heavy atom. The van der Waals surface area contributed by atoms with E-state index >= 15 is 0 Å². The number of allylic oxidation sites excluding steroid dienone is 12. The van der Waals surface area contributed by atoms with Gasteiger partial charge in [0.2, 0.25) is 0 Å². The standard InChI is InChI=1S/C27H38O2/c1-19(2)9-8-10-21(5)11-13-24(20(3)4)14-12-22(6)23(7)17-25-18-26(28)15-16-27(25)29/h9,11,15-16,18H,8,10,12-14,17H2,1-7H3/b21-11+,23-22+. The first kappa shape index (κ1) is 24.8. The van der Waals surface area contributed by atoms with E-state index in [0.29, 0.717) is 12.0 Å². The van der Waals surface area contributed by atoms with Crippen molar-refractivity contribution in [3.8, 4) is 0 Å². The monoisotopic (exact) mass is 394 g/mol. The van der Waals surface area contributed by atoms with Gasteiger partial charge in [0.1, 0.15) is 0 Å². The van der Waals surface area contributed by atoms with Gasteiger partial charge >= 0.3 is 0 Å². The summed E-state index contributed by atoms with van der Waals surface area (Å²) in [5.41, 5.74) is 8.82. The van der Waals surface area contributed by atoms with Crippen LogP contribution in [0.3, 0.4) is 0 Å². The van der Waals surface area contributed by atoms with Gasteiger partial charge in [0.05, 0.1) is 0 Å². The van der Waals surface area contributed by atoms with Gasteiger partial charge in [-0.3, -0.25) is 9.59 Å². The maximum atomic E-state index is 12.0. The Morgan fingerprint density at radius 1 is 0.828 bits per heavy atom. The van der Waals surface area contributed by atoms with Gasteiger partial charge in [0, 0.05) is 5.57 Å². The molecule has 0 aliphatic heterocycles. The number of carbonyl (C=O) groups excluding carboxylic acids is 2. The molecular formula is C27H38O2. The Balaban J connectivity index is 2.67. The number of ketones is 2. The van der Waals surface area contributed by atoms with Crippen molar-refractivity contribution in [2.45, 2.75) is 87.0 Å². The Morgan fingerprint density at radius 2 is 1.52 bits per heavy atom. The molecule has 0 amide bonds. The first-order valence-electron chi connectivity index (χ1n) is 10.7. The van der Waals surface area contributed by atoms with Gasteiger partial charge in [0.15, 0.2) is 11.6 Å². The van der Waals surface area contributed by atoms with Crippen molar-refractivity contribution in [2.24, 2.45) is 0 Å². The van der Waals surface area contributed by atoms with Crippen LogP contribution < -0.4 is 0 Å². The summed E-state index contributed by atoms with van der Waals surface area (Å²) in [6.45, 7) is 15.1. The molecule has 0 saturated heterocycles. The lowest BCUT2D eigenvalue weighted by Gasteiger charge is -2.13. The Labute approximate surface area is 177 Å². The van der Waals surface area contributed by atoms with E-state index in [1.807, 2.05) is 0 Å². The topological polar surface area (TPSA) is 34.1 Å². The fourth-order valence-electron chi connectivity index (χ4n) is 3.23. The average Bonchev–Trinajstić information content (AvgIpc) is 2.63.